The molecule has 8 heteroatoms. The normalized spacial score (nSPS) is 19.1. The van der Waals surface area contributed by atoms with E-state index in [4.69, 9.17) is 14.7 Å². The second-order valence-electron chi connectivity index (χ2n) is 11.8. The first-order valence-corrected chi connectivity index (χ1v) is 15.8. The minimum Gasteiger partial charge on any atom is -0.497 e. The zero-order chi connectivity index (χ0) is 30.9. The first-order valence-electron chi connectivity index (χ1n) is 15.8. The van der Waals surface area contributed by atoms with Crippen molar-refractivity contribution in [3.8, 4) is 5.75 Å². The molecule has 5 rings (SSSR count). The quantitative estimate of drug-likeness (QED) is 0.304. The maximum absolute atomic E-state index is 10.7. The topological polar surface area (TPSA) is 69.9 Å². The second kappa shape index (κ2) is 15.6. The van der Waals surface area contributed by atoms with Gasteiger partial charge in [-0.15, -0.1) is 0 Å². The Kier molecular flexibility index (Phi) is 11.9. The van der Waals surface area contributed by atoms with Gasteiger partial charge in [0.15, 0.2) is 0 Å². The Morgan fingerprint density at radius 3 is 2.40 bits per heavy atom. The molecular formula is C35H52N6O2. The van der Waals surface area contributed by atoms with Crippen molar-refractivity contribution < 1.29 is 9.84 Å². The van der Waals surface area contributed by atoms with Gasteiger partial charge in [0.2, 0.25) is 0 Å². The standard InChI is InChI=1S/C31H44N6O2.C4H8/c1-22(25-11-13-27(39-5)14-12-25)36(29-10-6-8-26-9-7-15-32-31(26)29)20-28-30(21-38)37(23(2)33-28)24(3)35-18-16-34(4)17-19-35;1-3-4-2/h7,9,11-15,22,24,29,38H,6,8,10,16-21H2,1-5H3;3-4H,1-2H3/b;4-3-/t22-,24?,29-;/m0./s1. The lowest BCUT2D eigenvalue weighted by molar-refractivity contribution is 0.0804. The van der Waals surface area contributed by atoms with Crippen molar-refractivity contribution in [1.82, 2.24) is 29.2 Å². The summed E-state index contributed by atoms with van der Waals surface area (Å²) in [6.45, 7) is 15.3. The largest absolute Gasteiger partial charge is 0.497 e. The van der Waals surface area contributed by atoms with Crippen LogP contribution in [0.4, 0.5) is 0 Å². The molecule has 1 aliphatic heterocycles. The molecule has 3 heterocycles. The monoisotopic (exact) mass is 588 g/mol. The van der Waals surface area contributed by atoms with Gasteiger partial charge in [-0.2, -0.15) is 0 Å². The number of fused-ring (bicyclic) bond motifs is 1. The van der Waals surface area contributed by atoms with E-state index in [1.165, 1.54) is 16.8 Å². The average molecular weight is 589 g/mol. The first kappa shape index (κ1) is 32.9. The van der Waals surface area contributed by atoms with Crippen LogP contribution in [0.3, 0.4) is 0 Å². The van der Waals surface area contributed by atoms with Crippen LogP contribution in [0.2, 0.25) is 0 Å². The van der Waals surface area contributed by atoms with Gasteiger partial charge in [-0.05, 0) is 90.3 Å². The molecule has 1 aliphatic carbocycles. The minimum atomic E-state index is -0.0292. The van der Waals surface area contributed by atoms with E-state index in [1.54, 1.807) is 7.11 Å². The number of aromatic nitrogens is 3. The third-order valence-electron chi connectivity index (χ3n) is 9.19. The Labute approximate surface area is 259 Å². The number of rotatable bonds is 9. The van der Waals surface area contributed by atoms with Gasteiger partial charge < -0.3 is 19.3 Å². The zero-order valence-electron chi connectivity index (χ0n) is 27.3. The Hall–Kier alpha value is -3.04. The maximum atomic E-state index is 10.7. The van der Waals surface area contributed by atoms with Gasteiger partial charge >= 0.3 is 0 Å². The molecule has 0 saturated carbocycles. The summed E-state index contributed by atoms with van der Waals surface area (Å²) in [6, 6.07) is 13.0. The van der Waals surface area contributed by atoms with Crippen LogP contribution in [0.5, 0.6) is 5.75 Å². The molecule has 2 aromatic heterocycles. The molecule has 3 aromatic rings. The second-order valence-corrected chi connectivity index (χ2v) is 11.8. The Morgan fingerprint density at radius 1 is 1.07 bits per heavy atom. The zero-order valence-corrected chi connectivity index (χ0v) is 27.3. The van der Waals surface area contributed by atoms with Gasteiger partial charge in [0.05, 0.1) is 43.0 Å². The van der Waals surface area contributed by atoms with Crippen molar-refractivity contribution in [1.29, 1.82) is 0 Å². The highest BCUT2D eigenvalue weighted by atomic mass is 16.5. The van der Waals surface area contributed by atoms with Crippen LogP contribution in [0.15, 0.2) is 54.7 Å². The molecule has 3 atom stereocenters. The van der Waals surface area contributed by atoms with Crippen LogP contribution < -0.4 is 4.74 Å². The fraction of sp³-hybridized carbons (Fsp3) is 0.543. The van der Waals surface area contributed by atoms with Crippen molar-refractivity contribution in [2.45, 2.75) is 85.3 Å². The number of aryl methyl sites for hydroxylation is 2. The number of aliphatic hydroxyl groups excluding tert-OH is 1. The Morgan fingerprint density at radius 2 is 1.77 bits per heavy atom. The number of pyridine rings is 1. The van der Waals surface area contributed by atoms with E-state index >= 15 is 0 Å². The Bertz CT molecular complexity index is 1310. The number of imidazole rings is 1. The number of hydrogen-bond acceptors (Lipinski definition) is 7. The fourth-order valence-electron chi connectivity index (χ4n) is 6.47. The van der Waals surface area contributed by atoms with E-state index in [1.807, 2.05) is 50.4 Å². The number of nitrogens with zero attached hydrogens (tertiary/aromatic N) is 6. The van der Waals surface area contributed by atoms with E-state index in [-0.39, 0.29) is 24.9 Å². The fourth-order valence-corrected chi connectivity index (χ4v) is 6.47. The summed E-state index contributed by atoms with van der Waals surface area (Å²) in [4.78, 5) is 17.4. The lowest BCUT2D eigenvalue weighted by atomic mass is 9.89. The predicted molar refractivity (Wildman–Crippen MR) is 174 cm³/mol. The van der Waals surface area contributed by atoms with Crippen LogP contribution in [0.1, 0.15) is 92.8 Å². The summed E-state index contributed by atoms with van der Waals surface area (Å²) in [6.07, 6.45) is 9.32. The van der Waals surface area contributed by atoms with Gasteiger partial charge in [-0.1, -0.05) is 30.4 Å². The third kappa shape index (κ3) is 7.73. The van der Waals surface area contributed by atoms with Crippen molar-refractivity contribution >= 4 is 0 Å². The molecule has 8 nitrogen and oxygen atoms in total. The molecule has 1 aromatic carbocycles. The number of piperazine rings is 1. The van der Waals surface area contributed by atoms with E-state index in [2.05, 4.69) is 65.3 Å². The number of ether oxygens (including phenoxy) is 1. The predicted octanol–water partition coefficient (Wildman–Crippen LogP) is 6.08. The van der Waals surface area contributed by atoms with Gasteiger partial charge in [0.1, 0.15) is 11.6 Å². The summed E-state index contributed by atoms with van der Waals surface area (Å²) in [7, 11) is 3.88. The molecule has 0 amide bonds. The van der Waals surface area contributed by atoms with Gasteiger partial charge in [-0.3, -0.25) is 14.8 Å². The smallest absolute Gasteiger partial charge is 0.118 e. The molecule has 0 spiro atoms. The van der Waals surface area contributed by atoms with Crippen LogP contribution in [-0.2, 0) is 19.6 Å². The molecule has 0 bridgehead atoms. The molecule has 1 N–H and O–H groups in total. The number of benzene rings is 1. The SMILES string of the molecule is C/C=C\C.COc1ccc([C@H](C)N(Cc2nc(C)n(C(C)N3CCN(C)CC3)c2CO)[C@H]2CCCc3cccnc32)cc1. The molecule has 2 aliphatic rings. The van der Waals surface area contributed by atoms with Gasteiger partial charge in [0, 0.05) is 45.0 Å². The molecule has 1 unspecified atom stereocenters. The van der Waals surface area contributed by atoms with E-state index in [0.717, 1.165) is 68.4 Å². The minimum absolute atomic E-state index is 0.0292. The molecule has 1 fully saturated rings. The van der Waals surface area contributed by atoms with Crippen LogP contribution in [0.25, 0.3) is 0 Å². The summed E-state index contributed by atoms with van der Waals surface area (Å²) >= 11 is 0. The number of hydrogen-bond donors (Lipinski definition) is 1. The van der Waals surface area contributed by atoms with Crippen LogP contribution in [0, 0.1) is 6.92 Å². The Balaban J connectivity index is 0.000000996. The average Bonchev–Trinajstić information content (AvgIpc) is 3.37. The number of aliphatic hydroxyl groups is 1. The van der Waals surface area contributed by atoms with Gasteiger partial charge in [-0.25, -0.2) is 4.98 Å². The molecular weight excluding hydrogens is 536 g/mol. The first-order chi connectivity index (χ1) is 20.8. The van der Waals surface area contributed by atoms with E-state index in [0.29, 0.717) is 6.54 Å². The lowest BCUT2D eigenvalue weighted by Crippen LogP contribution is -2.47. The van der Waals surface area contributed by atoms with E-state index < -0.39 is 0 Å². The summed E-state index contributed by atoms with van der Waals surface area (Å²) in [5.74, 6) is 1.82. The summed E-state index contributed by atoms with van der Waals surface area (Å²) in [5.41, 5.74) is 5.62. The summed E-state index contributed by atoms with van der Waals surface area (Å²) < 4.78 is 7.68. The molecule has 43 heavy (non-hydrogen) atoms. The number of likely N-dealkylation sites (N-methyl/N-ethyl adjacent to an activating group) is 1. The van der Waals surface area contributed by atoms with Crippen molar-refractivity contribution in [3.63, 3.8) is 0 Å². The van der Waals surface area contributed by atoms with Crippen LogP contribution in [-0.4, -0.2) is 74.7 Å². The highest BCUT2D eigenvalue weighted by Gasteiger charge is 2.33. The lowest BCUT2D eigenvalue weighted by Gasteiger charge is -2.39. The number of allylic oxidation sites excluding steroid dienone is 2. The third-order valence-corrected chi connectivity index (χ3v) is 9.19. The van der Waals surface area contributed by atoms with Crippen molar-refractivity contribution in [2.24, 2.45) is 0 Å². The molecule has 1 saturated heterocycles. The van der Waals surface area contributed by atoms with Crippen molar-refractivity contribution in [3.05, 3.63) is 88.8 Å². The highest BCUT2D eigenvalue weighted by Crippen LogP contribution is 2.39. The molecule has 234 valence electrons. The van der Waals surface area contributed by atoms with E-state index in [9.17, 15) is 5.11 Å². The van der Waals surface area contributed by atoms with Crippen LogP contribution >= 0.6 is 0 Å². The maximum Gasteiger partial charge on any atom is 0.118 e. The van der Waals surface area contributed by atoms with Gasteiger partial charge in [0.25, 0.3) is 0 Å². The highest BCUT2D eigenvalue weighted by molar-refractivity contribution is 5.31. The number of methoxy groups -OCH3 is 1. The summed E-state index contributed by atoms with van der Waals surface area (Å²) in [5, 5.41) is 10.7. The molecule has 0 radical (unpaired) electrons. The van der Waals surface area contributed by atoms with Crippen molar-refractivity contribution in [2.75, 3.05) is 40.3 Å².